The lowest BCUT2D eigenvalue weighted by Gasteiger charge is -2.35. The van der Waals surface area contributed by atoms with Crippen molar-refractivity contribution in [3.63, 3.8) is 0 Å². The van der Waals surface area contributed by atoms with E-state index in [9.17, 15) is 24.3 Å². The zero-order valence-electron chi connectivity index (χ0n) is 28.0. The summed E-state index contributed by atoms with van der Waals surface area (Å²) in [4.78, 5) is 58.2. The van der Waals surface area contributed by atoms with Crippen LogP contribution in [0.3, 0.4) is 0 Å². The summed E-state index contributed by atoms with van der Waals surface area (Å²) in [5.41, 5.74) is -1.41. The number of likely N-dealkylation sites (tertiary alicyclic amines) is 2. The monoisotopic (exact) mass is 643 g/mol. The highest BCUT2D eigenvalue weighted by Crippen LogP contribution is 2.38. The van der Waals surface area contributed by atoms with Crippen LogP contribution in [-0.4, -0.2) is 82.4 Å². The minimum Gasteiger partial charge on any atom is -0.477 e. The Labute approximate surface area is 271 Å². The molecule has 0 spiro atoms. The van der Waals surface area contributed by atoms with Gasteiger partial charge in [0.25, 0.3) is 0 Å². The van der Waals surface area contributed by atoms with Gasteiger partial charge in [-0.3, -0.25) is 4.79 Å². The number of rotatable bonds is 5. The van der Waals surface area contributed by atoms with E-state index in [-0.39, 0.29) is 35.2 Å². The molecule has 0 aromatic carbocycles. The van der Waals surface area contributed by atoms with E-state index in [4.69, 9.17) is 9.47 Å². The summed E-state index contributed by atoms with van der Waals surface area (Å²) in [7, 11) is 0. The van der Waals surface area contributed by atoms with Gasteiger partial charge < -0.3 is 29.3 Å². The minimum absolute atomic E-state index is 0.0764. The van der Waals surface area contributed by atoms with Crippen LogP contribution in [0.2, 0.25) is 0 Å². The number of anilines is 1. The van der Waals surface area contributed by atoms with Gasteiger partial charge in [0.05, 0.1) is 23.2 Å². The Hall–Kier alpha value is -3.26. The Bertz CT molecular complexity index is 1360. The molecule has 1 saturated carbocycles. The molecule has 3 aliphatic rings. The molecule has 2 aliphatic heterocycles. The maximum Gasteiger partial charge on any atom is 0.410 e. The van der Waals surface area contributed by atoms with Crippen molar-refractivity contribution < 1.29 is 33.8 Å². The Kier molecular flexibility index (Phi) is 10.2. The Morgan fingerprint density at radius 3 is 2.27 bits per heavy atom. The fourth-order valence-electron chi connectivity index (χ4n) is 6.12. The third-order valence-corrected chi connectivity index (χ3v) is 9.57. The second kappa shape index (κ2) is 13.2. The van der Waals surface area contributed by atoms with Gasteiger partial charge in [-0.25, -0.2) is 14.4 Å². The van der Waals surface area contributed by atoms with E-state index in [1.807, 2.05) is 48.5 Å². The van der Waals surface area contributed by atoms with Gasteiger partial charge in [0.1, 0.15) is 16.1 Å². The Morgan fingerprint density at radius 2 is 1.67 bits per heavy atom. The van der Waals surface area contributed by atoms with Crippen molar-refractivity contribution in [2.75, 3.05) is 31.1 Å². The average Bonchev–Trinajstić information content (AvgIpc) is 3.66. The first-order chi connectivity index (χ1) is 20.8. The van der Waals surface area contributed by atoms with Gasteiger partial charge in [0.2, 0.25) is 5.91 Å². The summed E-state index contributed by atoms with van der Waals surface area (Å²) in [5.74, 6) is 5.43. The second-order valence-electron chi connectivity index (χ2n) is 15.2. The number of ether oxygens (including phenoxy) is 2. The van der Waals surface area contributed by atoms with Crippen LogP contribution in [0.15, 0.2) is 6.07 Å². The molecule has 10 nitrogen and oxygen atoms in total. The highest BCUT2D eigenvalue weighted by molar-refractivity contribution is 7.15. The molecule has 1 N–H and O–H groups in total. The highest BCUT2D eigenvalue weighted by Gasteiger charge is 2.44. The van der Waals surface area contributed by atoms with E-state index in [2.05, 4.69) is 18.8 Å². The maximum atomic E-state index is 14.2. The molecule has 45 heavy (non-hydrogen) atoms. The predicted molar refractivity (Wildman–Crippen MR) is 174 cm³/mol. The maximum absolute atomic E-state index is 14.2. The van der Waals surface area contributed by atoms with Gasteiger partial charge in [-0.2, -0.15) is 0 Å². The lowest BCUT2D eigenvalue weighted by atomic mass is 9.82. The van der Waals surface area contributed by atoms with Gasteiger partial charge in [0.15, 0.2) is 0 Å². The third kappa shape index (κ3) is 8.93. The Morgan fingerprint density at radius 1 is 1.00 bits per heavy atom. The zero-order valence-corrected chi connectivity index (χ0v) is 28.8. The molecule has 1 aromatic heterocycles. The number of hydrogen-bond donors (Lipinski definition) is 1. The zero-order chi connectivity index (χ0) is 33.3. The van der Waals surface area contributed by atoms with Crippen LogP contribution in [0.1, 0.15) is 108 Å². The SMILES string of the molecule is CC(C)(C)C#Cc1cc(N(C(=O)[C@H]2CC[C@H](C)CC2)C2CCN(C(=O)OC3(C)CCN(C(=O)OC(C)(C)C)C3)C2)c(C(=O)O)s1. The molecule has 2 saturated heterocycles. The van der Waals surface area contributed by atoms with Crippen molar-refractivity contribution in [3.8, 4) is 11.8 Å². The number of carbonyl (C=O) groups excluding carboxylic acids is 3. The van der Waals surface area contributed by atoms with Crippen LogP contribution in [0.4, 0.5) is 15.3 Å². The molecule has 4 rings (SSSR count). The van der Waals surface area contributed by atoms with Crippen LogP contribution in [0.25, 0.3) is 0 Å². The molecule has 1 aromatic rings. The second-order valence-corrected chi connectivity index (χ2v) is 16.2. The fourth-order valence-corrected chi connectivity index (χ4v) is 6.96. The number of thiophene rings is 1. The van der Waals surface area contributed by atoms with Crippen molar-refractivity contribution in [3.05, 3.63) is 15.8 Å². The predicted octanol–water partition coefficient (Wildman–Crippen LogP) is 6.61. The van der Waals surface area contributed by atoms with Crippen molar-refractivity contribution in [1.29, 1.82) is 0 Å². The van der Waals surface area contributed by atoms with Crippen LogP contribution in [0, 0.1) is 29.1 Å². The lowest BCUT2D eigenvalue weighted by molar-refractivity contribution is -0.124. The lowest BCUT2D eigenvalue weighted by Crippen LogP contribution is -2.47. The molecular weight excluding hydrogens is 594 g/mol. The fraction of sp³-hybridized carbons (Fsp3) is 0.706. The van der Waals surface area contributed by atoms with E-state index in [0.29, 0.717) is 42.4 Å². The molecule has 1 aliphatic carbocycles. The number of nitrogens with zero attached hydrogens (tertiary/aromatic N) is 3. The summed E-state index contributed by atoms with van der Waals surface area (Å²) in [5, 5.41) is 10.2. The molecule has 248 valence electrons. The topological polar surface area (TPSA) is 117 Å². The van der Waals surface area contributed by atoms with Crippen molar-refractivity contribution in [2.24, 2.45) is 17.3 Å². The molecule has 3 heterocycles. The number of amides is 3. The van der Waals surface area contributed by atoms with Gasteiger partial charge in [-0.05, 0) is 92.6 Å². The molecule has 3 fully saturated rings. The normalized spacial score (nSPS) is 25.4. The third-order valence-electron chi connectivity index (χ3n) is 8.54. The van der Waals surface area contributed by atoms with Crippen LogP contribution < -0.4 is 4.90 Å². The summed E-state index contributed by atoms with van der Waals surface area (Å²) in [6.45, 7) is 16.6. The number of carbonyl (C=O) groups is 4. The van der Waals surface area contributed by atoms with E-state index in [1.54, 1.807) is 20.8 Å². The molecule has 3 amide bonds. The molecular formula is C34H49N3O7S. The molecule has 2 unspecified atom stereocenters. The Balaban J connectivity index is 1.54. The first kappa shape index (κ1) is 34.6. The van der Waals surface area contributed by atoms with Gasteiger partial charge in [-0.15, -0.1) is 11.3 Å². The van der Waals surface area contributed by atoms with Crippen LogP contribution in [-0.2, 0) is 14.3 Å². The van der Waals surface area contributed by atoms with E-state index in [1.165, 1.54) is 0 Å². The van der Waals surface area contributed by atoms with E-state index in [0.717, 1.165) is 37.0 Å². The molecule has 2 atom stereocenters. The largest absolute Gasteiger partial charge is 0.477 e. The van der Waals surface area contributed by atoms with Crippen LogP contribution in [0.5, 0.6) is 0 Å². The highest BCUT2D eigenvalue weighted by atomic mass is 32.1. The number of carboxylic acids is 1. The summed E-state index contributed by atoms with van der Waals surface area (Å²) in [6, 6.07) is 1.32. The van der Waals surface area contributed by atoms with Gasteiger partial charge in [-0.1, -0.05) is 18.8 Å². The summed E-state index contributed by atoms with van der Waals surface area (Å²) >= 11 is 1.08. The standard InChI is InChI=1S/C34H49N3O7S/c1-22-9-11-23(12-10-22)28(38)37(26-19-25(13-15-32(2,3)4)45-27(26)29(39)40)24-14-17-35(20-24)30(41)44-34(8)16-18-36(21-34)31(42)43-33(5,6)7/h19,22-24H,9-12,14,16-18,20-21H2,1-8H3,(H,39,40)/t22-,23-,24?,34?. The van der Waals surface area contributed by atoms with Gasteiger partial charge >= 0.3 is 18.2 Å². The number of carboxylic acid groups (broad SMARTS) is 1. The average molecular weight is 644 g/mol. The van der Waals surface area contributed by atoms with E-state index < -0.39 is 35.4 Å². The smallest absolute Gasteiger partial charge is 0.410 e. The quantitative estimate of drug-likeness (QED) is 0.359. The molecule has 0 radical (unpaired) electrons. The number of hydrogen-bond acceptors (Lipinski definition) is 7. The summed E-state index contributed by atoms with van der Waals surface area (Å²) < 4.78 is 11.5. The molecule has 0 bridgehead atoms. The minimum atomic E-state index is -1.10. The van der Waals surface area contributed by atoms with Crippen molar-refractivity contribution in [2.45, 2.75) is 111 Å². The van der Waals surface area contributed by atoms with Crippen molar-refractivity contribution >= 4 is 41.1 Å². The molecule has 11 heteroatoms. The van der Waals surface area contributed by atoms with E-state index >= 15 is 0 Å². The first-order valence-electron chi connectivity index (χ1n) is 16.0. The first-order valence-corrected chi connectivity index (χ1v) is 16.8. The van der Waals surface area contributed by atoms with Crippen molar-refractivity contribution in [1.82, 2.24) is 9.80 Å². The number of aromatic carboxylic acids is 1. The van der Waals surface area contributed by atoms with Gasteiger partial charge in [0, 0.05) is 37.4 Å². The van der Waals surface area contributed by atoms with Crippen LogP contribution >= 0.6 is 11.3 Å². The summed E-state index contributed by atoms with van der Waals surface area (Å²) in [6.07, 6.45) is 3.43.